The molecule has 0 spiro atoms. The monoisotopic (exact) mass is 479 g/mol. The van der Waals surface area contributed by atoms with Gasteiger partial charge in [-0.2, -0.15) is 0 Å². The fourth-order valence-electron chi connectivity index (χ4n) is 3.21. The molecule has 3 aromatic heterocycles. The van der Waals surface area contributed by atoms with E-state index in [1.165, 1.54) is 34.8 Å². The Kier molecular flexibility index (Phi) is 5.45. The van der Waals surface area contributed by atoms with Crippen LogP contribution in [0.15, 0.2) is 63.7 Å². The molecule has 3 heterocycles. The van der Waals surface area contributed by atoms with Crippen molar-refractivity contribution in [3.63, 3.8) is 0 Å². The number of hydrogen-bond donors (Lipinski definition) is 2. The summed E-state index contributed by atoms with van der Waals surface area (Å²) in [4.78, 5) is 33.1. The second-order valence-electron chi connectivity index (χ2n) is 7.06. The summed E-state index contributed by atoms with van der Waals surface area (Å²) in [6, 6.07) is 13.0. The molecule has 33 heavy (non-hydrogen) atoms. The predicted molar refractivity (Wildman–Crippen MR) is 124 cm³/mol. The fraction of sp³-hybridized carbons (Fsp3) is 0.0435. The number of aromatic nitrogens is 2. The number of amides is 1. The number of carbonyl (C=O) groups is 2. The minimum absolute atomic E-state index is 0.00859. The van der Waals surface area contributed by atoms with Crippen molar-refractivity contribution >= 4 is 51.3 Å². The number of benzene rings is 2. The molecule has 0 aliphatic rings. The lowest BCUT2D eigenvalue weighted by Gasteiger charge is -2.06. The molecule has 0 aliphatic carbocycles. The van der Waals surface area contributed by atoms with E-state index < -0.39 is 17.7 Å². The first-order valence-electron chi connectivity index (χ1n) is 9.68. The number of thiophene rings is 1. The molecular weight excluding hydrogens is 465 g/mol. The number of fused-ring (bicyclic) bond motifs is 1. The first-order valence-corrected chi connectivity index (χ1v) is 11.4. The highest BCUT2D eigenvalue weighted by Crippen LogP contribution is 2.30. The lowest BCUT2D eigenvalue weighted by Crippen LogP contribution is -2.13. The van der Waals surface area contributed by atoms with E-state index in [9.17, 15) is 14.0 Å². The van der Waals surface area contributed by atoms with Crippen molar-refractivity contribution in [1.82, 2.24) is 9.97 Å². The standard InChI is InChI=1S/C23H14FN3O4S2/c24-14-10-13(22-26-16-8-12(9-20(28)29)3-6-18(16)31-22)4-5-15(14)25-21(30)17-11-33-23(27-17)19-2-1-7-32-19/h1-8,10-11H,9H2,(H,25,30)(H,28,29). The van der Waals surface area contributed by atoms with Gasteiger partial charge in [0.1, 0.15) is 22.0 Å². The Morgan fingerprint density at radius 3 is 2.73 bits per heavy atom. The normalized spacial score (nSPS) is 11.1. The molecule has 0 radical (unpaired) electrons. The number of rotatable bonds is 6. The summed E-state index contributed by atoms with van der Waals surface area (Å²) in [6.07, 6.45) is -0.130. The lowest BCUT2D eigenvalue weighted by molar-refractivity contribution is -0.136. The van der Waals surface area contributed by atoms with E-state index in [-0.39, 0.29) is 23.7 Å². The van der Waals surface area contributed by atoms with Crippen LogP contribution in [0.4, 0.5) is 10.1 Å². The Labute approximate surface area is 194 Å². The highest BCUT2D eigenvalue weighted by atomic mass is 32.1. The van der Waals surface area contributed by atoms with Crippen LogP contribution in [0.2, 0.25) is 0 Å². The molecule has 0 saturated heterocycles. The maximum Gasteiger partial charge on any atom is 0.307 e. The van der Waals surface area contributed by atoms with Gasteiger partial charge in [0, 0.05) is 10.9 Å². The summed E-state index contributed by atoms with van der Waals surface area (Å²) in [5, 5.41) is 15.8. The first kappa shape index (κ1) is 21.0. The van der Waals surface area contributed by atoms with Crippen LogP contribution in [0.1, 0.15) is 16.1 Å². The van der Waals surface area contributed by atoms with Gasteiger partial charge in [0.25, 0.3) is 5.91 Å². The number of anilines is 1. The molecule has 164 valence electrons. The van der Waals surface area contributed by atoms with Gasteiger partial charge in [0.2, 0.25) is 5.89 Å². The third-order valence-corrected chi connectivity index (χ3v) is 6.62. The van der Waals surface area contributed by atoms with E-state index in [1.54, 1.807) is 29.6 Å². The Balaban J connectivity index is 1.35. The maximum atomic E-state index is 14.7. The van der Waals surface area contributed by atoms with Gasteiger partial charge in [-0.1, -0.05) is 12.1 Å². The molecule has 10 heteroatoms. The molecule has 5 aromatic rings. The zero-order valence-electron chi connectivity index (χ0n) is 16.7. The van der Waals surface area contributed by atoms with Crippen molar-refractivity contribution in [2.45, 2.75) is 6.42 Å². The maximum absolute atomic E-state index is 14.7. The van der Waals surface area contributed by atoms with Crippen LogP contribution in [0.25, 0.3) is 32.4 Å². The lowest BCUT2D eigenvalue weighted by atomic mass is 10.1. The Hall–Kier alpha value is -3.89. The second-order valence-corrected chi connectivity index (χ2v) is 8.86. The van der Waals surface area contributed by atoms with Crippen LogP contribution in [0.5, 0.6) is 0 Å². The number of carboxylic acid groups (broad SMARTS) is 1. The number of nitrogens with zero attached hydrogens (tertiary/aromatic N) is 2. The number of halogens is 1. The number of hydrogen-bond acceptors (Lipinski definition) is 7. The van der Waals surface area contributed by atoms with Crippen molar-refractivity contribution in [2.24, 2.45) is 0 Å². The van der Waals surface area contributed by atoms with Crippen molar-refractivity contribution in [3.8, 4) is 21.3 Å². The van der Waals surface area contributed by atoms with Crippen LogP contribution in [0.3, 0.4) is 0 Å². The fourth-order valence-corrected chi connectivity index (χ4v) is 4.82. The number of thiazole rings is 1. The van der Waals surface area contributed by atoms with Crippen LogP contribution >= 0.6 is 22.7 Å². The summed E-state index contributed by atoms with van der Waals surface area (Å²) in [5.41, 5.74) is 2.13. The second kappa shape index (κ2) is 8.57. The van der Waals surface area contributed by atoms with Crippen molar-refractivity contribution < 1.29 is 23.5 Å². The Morgan fingerprint density at radius 1 is 1.09 bits per heavy atom. The SMILES string of the molecule is O=C(O)Cc1ccc2oc(-c3ccc(NC(=O)c4csc(-c5cccs5)n4)c(F)c3)nc2c1. The van der Waals surface area contributed by atoms with Crippen molar-refractivity contribution in [3.05, 3.63) is 76.4 Å². The number of carboxylic acids is 1. The molecule has 0 fully saturated rings. The van der Waals surface area contributed by atoms with E-state index in [2.05, 4.69) is 15.3 Å². The highest BCUT2D eigenvalue weighted by Gasteiger charge is 2.16. The average Bonchev–Trinajstić information content (AvgIpc) is 3.54. The van der Waals surface area contributed by atoms with E-state index in [0.29, 0.717) is 22.2 Å². The molecule has 1 amide bonds. The van der Waals surface area contributed by atoms with Gasteiger partial charge in [-0.3, -0.25) is 9.59 Å². The largest absolute Gasteiger partial charge is 0.481 e. The number of carbonyl (C=O) groups excluding carboxylic acids is 1. The molecule has 5 rings (SSSR count). The van der Waals surface area contributed by atoms with E-state index in [0.717, 1.165) is 9.88 Å². The van der Waals surface area contributed by atoms with Crippen LogP contribution in [-0.4, -0.2) is 27.0 Å². The van der Waals surface area contributed by atoms with Gasteiger partial charge in [-0.15, -0.1) is 22.7 Å². The van der Waals surface area contributed by atoms with Crippen LogP contribution in [0, 0.1) is 5.82 Å². The van der Waals surface area contributed by atoms with Crippen LogP contribution < -0.4 is 5.32 Å². The molecule has 0 unspecified atom stereocenters. The van der Waals surface area contributed by atoms with Crippen molar-refractivity contribution in [1.29, 1.82) is 0 Å². The topological polar surface area (TPSA) is 105 Å². The van der Waals surface area contributed by atoms with Gasteiger partial charge in [0.05, 0.1) is 17.0 Å². The molecule has 2 N–H and O–H groups in total. The van der Waals surface area contributed by atoms with Gasteiger partial charge in [0.15, 0.2) is 5.58 Å². The zero-order chi connectivity index (χ0) is 22.9. The first-order chi connectivity index (χ1) is 16.0. The molecule has 0 atom stereocenters. The highest BCUT2D eigenvalue weighted by molar-refractivity contribution is 7.20. The number of nitrogens with one attached hydrogen (secondary N) is 1. The quantitative estimate of drug-likeness (QED) is 0.324. The minimum Gasteiger partial charge on any atom is -0.481 e. The van der Waals surface area contributed by atoms with Gasteiger partial charge in [-0.25, -0.2) is 14.4 Å². The van der Waals surface area contributed by atoms with Crippen LogP contribution in [-0.2, 0) is 11.2 Å². The van der Waals surface area contributed by atoms with Gasteiger partial charge >= 0.3 is 5.97 Å². The van der Waals surface area contributed by atoms with Crippen molar-refractivity contribution in [2.75, 3.05) is 5.32 Å². The third-order valence-electron chi connectivity index (χ3n) is 4.74. The number of aliphatic carboxylic acids is 1. The third kappa shape index (κ3) is 4.38. The van der Waals surface area contributed by atoms with Gasteiger partial charge < -0.3 is 14.8 Å². The average molecular weight is 480 g/mol. The summed E-state index contributed by atoms with van der Waals surface area (Å²) in [6.45, 7) is 0. The summed E-state index contributed by atoms with van der Waals surface area (Å²) in [5.74, 6) is -1.91. The minimum atomic E-state index is -0.946. The Morgan fingerprint density at radius 2 is 1.97 bits per heavy atom. The molecule has 0 saturated carbocycles. The van der Waals surface area contributed by atoms with E-state index in [1.807, 2.05) is 17.5 Å². The Bertz CT molecular complexity index is 1490. The van der Waals surface area contributed by atoms with Gasteiger partial charge in [-0.05, 0) is 47.3 Å². The van der Waals surface area contributed by atoms with E-state index >= 15 is 0 Å². The van der Waals surface area contributed by atoms with E-state index in [4.69, 9.17) is 9.52 Å². The molecule has 7 nitrogen and oxygen atoms in total. The zero-order valence-corrected chi connectivity index (χ0v) is 18.4. The summed E-state index contributed by atoms with van der Waals surface area (Å²) < 4.78 is 20.4. The predicted octanol–water partition coefficient (Wildman–Crippen LogP) is 5.70. The smallest absolute Gasteiger partial charge is 0.307 e. The summed E-state index contributed by atoms with van der Waals surface area (Å²) >= 11 is 2.87. The molecule has 0 bridgehead atoms. The summed E-state index contributed by atoms with van der Waals surface area (Å²) in [7, 11) is 0. The molecular formula is C23H14FN3O4S2. The number of oxazole rings is 1. The molecule has 2 aromatic carbocycles. The molecule has 0 aliphatic heterocycles.